The summed E-state index contributed by atoms with van der Waals surface area (Å²) in [5, 5.41) is 11.1. The summed E-state index contributed by atoms with van der Waals surface area (Å²) in [6.45, 7) is 2.91. The highest BCUT2D eigenvalue weighted by atomic mass is 16.5. The molecule has 0 bridgehead atoms. The predicted molar refractivity (Wildman–Crippen MR) is 99.7 cm³/mol. The molecule has 6 nitrogen and oxygen atoms in total. The molecule has 1 N–H and O–H groups in total. The Labute approximate surface area is 150 Å². The van der Waals surface area contributed by atoms with E-state index in [4.69, 9.17) is 4.74 Å². The predicted octanol–water partition coefficient (Wildman–Crippen LogP) is 1.87. The summed E-state index contributed by atoms with van der Waals surface area (Å²) >= 11 is 0. The highest BCUT2D eigenvalue weighted by molar-refractivity contribution is 6.93. The second-order valence-electron chi connectivity index (χ2n) is 6.05. The highest BCUT2D eigenvalue weighted by Crippen LogP contribution is 2.31. The minimum Gasteiger partial charge on any atom is -0.466 e. The zero-order valence-corrected chi connectivity index (χ0v) is 14.5. The second-order valence-corrected chi connectivity index (χ2v) is 6.05. The van der Waals surface area contributed by atoms with Crippen LogP contribution in [0.15, 0.2) is 41.2 Å². The maximum atomic E-state index is 12.8. The fraction of sp³-hybridized carbons (Fsp3) is 0.211. The van der Waals surface area contributed by atoms with Crippen LogP contribution in [-0.2, 0) is 17.9 Å². The molecule has 26 heavy (non-hydrogen) atoms. The molecule has 0 aliphatic carbocycles. The summed E-state index contributed by atoms with van der Waals surface area (Å²) < 4.78 is 6.51. The van der Waals surface area contributed by atoms with Gasteiger partial charge in [-0.15, -0.1) is 0 Å². The maximum Gasteiger partial charge on any atom is 0.456 e. The zero-order chi connectivity index (χ0) is 18.4. The summed E-state index contributed by atoms with van der Waals surface area (Å²) in [6, 6.07) is 11.5. The van der Waals surface area contributed by atoms with Crippen LogP contribution in [0.1, 0.15) is 25.0 Å². The molecule has 0 saturated carbocycles. The van der Waals surface area contributed by atoms with Gasteiger partial charge in [-0.25, -0.2) is 4.98 Å². The number of para-hydroxylation sites is 1. The van der Waals surface area contributed by atoms with Crippen molar-refractivity contribution in [1.82, 2.24) is 9.55 Å². The van der Waals surface area contributed by atoms with Crippen molar-refractivity contribution in [1.29, 1.82) is 0 Å². The first-order valence-corrected chi connectivity index (χ1v) is 8.64. The number of carbonyl (C=O) groups excluding carboxylic acids is 1. The van der Waals surface area contributed by atoms with E-state index in [-0.39, 0.29) is 12.2 Å². The van der Waals surface area contributed by atoms with E-state index < -0.39 is 12.8 Å². The number of rotatable bonds is 0. The number of hydrogen-bond acceptors (Lipinski definition) is 5. The molecule has 2 aliphatic rings. The lowest BCUT2D eigenvalue weighted by Crippen LogP contribution is -2.49. The Morgan fingerprint density at radius 1 is 1.19 bits per heavy atom. The van der Waals surface area contributed by atoms with E-state index >= 15 is 0 Å². The van der Waals surface area contributed by atoms with Crippen LogP contribution >= 0.6 is 0 Å². The summed E-state index contributed by atoms with van der Waals surface area (Å²) in [5.41, 5.74) is 3.57. The quantitative estimate of drug-likeness (QED) is 0.491. The lowest BCUT2D eigenvalue weighted by Gasteiger charge is -2.19. The van der Waals surface area contributed by atoms with Gasteiger partial charge in [0.05, 0.1) is 29.0 Å². The number of ether oxygens (including phenoxy) is 1. The van der Waals surface area contributed by atoms with Gasteiger partial charge in [-0.1, -0.05) is 32.0 Å². The summed E-state index contributed by atoms with van der Waals surface area (Å²) in [4.78, 5) is 29.0. The molecule has 0 fully saturated rings. The zero-order valence-electron chi connectivity index (χ0n) is 14.5. The van der Waals surface area contributed by atoms with Crippen molar-refractivity contribution in [3.8, 4) is 11.4 Å². The molecular weight excluding hydrogens is 331 g/mol. The largest absolute Gasteiger partial charge is 0.466 e. The number of aromatic nitrogens is 2. The minimum atomic E-state index is -1.42. The van der Waals surface area contributed by atoms with Crippen molar-refractivity contribution < 1.29 is 14.6 Å². The van der Waals surface area contributed by atoms with Crippen LogP contribution in [0.3, 0.4) is 0 Å². The van der Waals surface area contributed by atoms with E-state index in [1.807, 2.05) is 44.2 Å². The van der Waals surface area contributed by atoms with Gasteiger partial charge in [0.25, 0.3) is 11.4 Å². The molecule has 3 aromatic rings. The standard InChI is InChI=1S/C17H11BN2O4.C2H6/c21-16-11-8-24-17(22)18(23)12(11)6-14-15-10(7-20(14)16)5-9-3-1-2-4-13(9)19-15;1-2/h1-6,23H,7-8H2;1-2H3. The van der Waals surface area contributed by atoms with Crippen LogP contribution in [0, 0.1) is 0 Å². The highest BCUT2D eigenvalue weighted by Gasteiger charge is 2.37. The molecule has 130 valence electrons. The Balaban J connectivity index is 0.000000814. The average Bonchev–Trinajstić information content (AvgIpc) is 3.03. The third-order valence-electron chi connectivity index (χ3n) is 4.69. The first kappa shape index (κ1) is 16.5. The first-order valence-electron chi connectivity index (χ1n) is 8.64. The molecule has 4 heterocycles. The average molecular weight is 348 g/mol. The number of cyclic esters (lactones) is 1. The molecule has 0 saturated heterocycles. The number of carbonyl (C=O) groups is 1. The van der Waals surface area contributed by atoms with E-state index in [2.05, 4.69) is 4.98 Å². The van der Waals surface area contributed by atoms with E-state index in [0.717, 1.165) is 22.2 Å². The molecule has 0 spiro atoms. The van der Waals surface area contributed by atoms with Gasteiger partial charge < -0.3 is 14.3 Å². The van der Waals surface area contributed by atoms with E-state index in [1.165, 1.54) is 0 Å². The topological polar surface area (TPSA) is 81.4 Å². The monoisotopic (exact) mass is 348 g/mol. The summed E-state index contributed by atoms with van der Waals surface area (Å²) in [5.74, 6) is -0.725. The Bertz CT molecular complexity index is 1110. The maximum absolute atomic E-state index is 12.8. The lowest BCUT2D eigenvalue weighted by atomic mass is 9.59. The SMILES string of the molecule is CC.O=C1OCc2c(cc3n(c2=O)Cc2cc4ccccc4nc2-3)B1O. The van der Waals surface area contributed by atoms with Gasteiger partial charge in [-0.2, -0.15) is 0 Å². The Morgan fingerprint density at radius 2 is 1.96 bits per heavy atom. The van der Waals surface area contributed by atoms with Gasteiger partial charge in [0, 0.05) is 10.9 Å². The molecule has 2 aliphatic heterocycles. The van der Waals surface area contributed by atoms with E-state index in [9.17, 15) is 14.6 Å². The van der Waals surface area contributed by atoms with E-state index in [1.54, 1.807) is 10.6 Å². The van der Waals surface area contributed by atoms with Crippen LogP contribution in [-0.4, -0.2) is 27.4 Å². The number of hydrogen-bond donors (Lipinski definition) is 1. The fourth-order valence-corrected chi connectivity index (χ4v) is 3.47. The minimum absolute atomic E-state index is 0.101. The molecule has 0 radical (unpaired) electrons. The third kappa shape index (κ3) is 2.28. The van der Waals surface area contributed by atoms with Crippen LogP contribution in [0.5, 0.6) is 0 Å². The number of fused-ring (bicyclic) bond motifs is 5. The van der Waals surface area contributed by atoms with Gasteiger partial charge in [0.2, 0.25) is 0 Å². The molecule has 1 aromatic carbocycles. The molecule has 7 heteroatoms. The van der Waals surface area contributed by atoms with Crippen molar-refractivity contribution in [2.75, 3.05) is 0 Å². The molecular formula is C19H17BN2O4. The second kappa shape index (κ2) is 6.11. The molecule has 2 aromatic heterocycles. The van der Waals surface area contributed by atoms with Crippen molar-refractivity contribution in [2.24, 2.45) is 0 Å². The Hall–Kier alpha value is -2.93. The van der Waals surface area contributed by atoms with Crippen molar-refractivity contribution >= 4 is 29.1 Å². The third-order valence-corrected chi connectivity index (χ3v) is 4.69. The van der Waals surface area contributed by atoms with Crippen molar-refractivity contribution in [2.45, 2.75) is 27.0 Å². The van der Waals surface area contributed by atoms with Gasteiger partial charge in [-0.3, -0.25) is 9.59 Å². The molecule has 0 amide bonds. The van der Waals surface area contributed by atoms with Crippen molar-refractivity contribution in [3.05, 3.63) is 57.9 Å². The normalized spacial score (nSPS) is 14.1. The number of benzene rings is 1. The summed E-state index contributed by atoms with van der Waals surface area (Å²) in [6.07, 6.45) is 0. The number of nitrogens with zero attached hydrogens (tertiary/aromatic N) is 2. The van der Waals surface area contributed by atoms with E-state index in [0.29, 0.717) is 23.3 Å². The van der Waals surface area contributed by atoms with Gasteiger partial charge in [-0.05, 0) is 23.7 Å². The van der Waals surface area contributed by atoms with Crippen LogP contribution < -0.4 is 11.0 Å². The lowest BCUT2D eigenvalue weighted by molar-refractivity contribution is 0.159. The van der Waals surface area contributed by atoms with Gasteiger partial charge >= 0.3 is 6.92 Å². The molecule has 0 atom stereocenters. The fourth-order valence-electron chi connectivity index (χ4n) is 3.47. The van der Waals surface area contributed by atoms with Crippen LogP contribution in [0.4, 0.5) is 4.79 Å². The van der Waals surface area contributed by atoms with Gasteiger partial charge in [0.1, 0.15) is 6.61 Å². The Kier molecular flexibility index (Phi) is 3.88. The molecule has 0 unspecified atom stereocenters. The smallest absolute Gasteiger partial charge is 0.456 e. The number of pyridine rings is 2. The van der Waals surface area contributed by atoms with Crippen LogP contribution in [0.25, 0.3) is 22.3 Å². The van der Waals surface area contributed by atoms with Gasteiger partial charge in [0.15, 0.2) is 0 Å². The van der Waals surface area contributed by atoms with Crippen LogP contribution in [0.2, 0.25) is 0 Å². The van der Waals surface area contributed by atoms with Crippen molar-refractivity contribution in [3.63, 3.8) is 0 Å². The molecule has 5 rings (SSSR count). The first-order chi connectivity index (χ1) is 12.6. The Morgan fingerprint density at radius 3 is 2.77 bits per heavy atom. The summed E-state index contributed by atoms with van der Waals surface area (Å²) in [7, 11) is 0.